The van der Waals surface area contributed by atoms with Gasteiger partial charge in [-0.15, -0.1) is 0 Å². The summed E-state index contributed by atoms with van der Waals surface area (Å²) in [5, 5.41) is 0.110. The molecule has 1 heterocycles. The van der Waals surface area contributed by atoms with Crippen molar-refractivity contribution in [1.82, 2.24) is 0 Å². The first-order chi connectivity index (χ1) is 10.0. The van der Waals surface area contributed by atoms with Crippen molar-refractivity contribution in [1.29, 1.82) is 0 Å². The fourth-order valence-electron chi connectivity index (χ4n) is 2.55. The summed E-state index contributed by atoms with van der Waals surface area (Å²) in [7, 11) is -0.240. The van der Waals surface area contributed by atoms with Crippen LogP contribution >= 0.6 is 0 Å². The highest BCUT2D eigenvalue weighted by Gasteiger charge is 2.47. The summed E-state index contributed by atoms with van der Waals surface area (Å²) in [4.78, 5) is 10.8. The molecule has 0 aromatic rings. The third-order valence-electron chi connectivity index (χ3n) is 5.01. The van der Waals surface area contributed by atoms with Crippen molar-refractivity contribution >= 4 is 14.6 Å². The van der Waals surface area contributed by atoms with Gasteiger partial charge in [0.05, 0.1) is 12.7 Å². The number of ether oxygens (including phenoxy) is 2. The van der Waals surface area contributed by atoms with E-state index < -0.39 is 8.32 Å². The second kappa shape index (κ2) is 7.38. The van der Waals surface area contributed by atoms with E-state index in [0.717, 1.165) is 11.9 Å². The average Bonchev–Trinajstić information content (AvgIpc) is 2.37. The Bertz CT molecular complexity index is 411. The smallest absolute Gasteiger partial charge is 0.192 e. The van der Waals surface area contributed by atoms with E-state index in [9.17, 15) is 4.79 Å². The molecule has 4 nitrogen and oxygen atoms in total. The summed E-state index contributed by atoms with van der Waals surface area (Å²) in [6, 6.07) is 0. The quantitative estimate of drug-likeness (QED) is 0.440. The number of hydrogen-bond acceptors (Lipinski definition) is 4. The normalized spacial score (nSPS) is 31.2. The Morgan fingerprint density at radius 3 is 2.32 bits per heavy atom. The SMILES string of the molecule is CO[C@@H]1[C@@H](O[Si](C)(C)C(C)(C)C)[C@H](/C(C)=C/C=O)OC[C@@H]1C. The minimum Gasteiger partial charge on any atom is -0.408 e. The van der Waals surface area contributed by atoms with E-state index in [0.29, 0.717) is 6.61 Å². The van der Waals surface area contributed by atoms with Gasteiger partial charge < -0.3 is 13.9 Å². The van der Waals surface area contributed by atoms with Crippen LogP contribution in [0.25, 0.3) is 0 Å². The number of methoxy groups -OCH3 is 1. The summed E-state index contributed by atoms with van der Waals surface area (Å²) in [6.07, 6.45) is 1.95. The Kier molecular flexibility index (Phi) is 6.56. The highest BCUT2D eigenvalue weighted by molar-refractivity contribution is 6.74. The van der Waals surface area contributed by atoms with E-state index in [1.807, 2.05) is 6.92 Å². The lowest BCUT2D eigenvalue weighted by Gasteiger charge is -2.47. The van der Waals surface area contributed by atoms with Gasteiger partial charge >= 0.3 is 0 Å². The van der Waals surface area contributed by atoms with Gasteiger partial charge in [-0.25, -0.2) is 0 Å². The van der Waals surface area contributed by atoms with Gasteiger partial charge in [0.1, 0.15) is 18.5 Å². The predicted octanol–water partition coefficient (Wildman–Crippen LogP) is 3.57. The van der Waals surface area contributed by atoms with Crippen molar-refractivity contribution < 1.29 is 18.7 Å². The molecule has 0 aromatic carbocycles. The van der Waals surface area contributed by atoms with Crippen LogP contribution in [0.1, 0.15) is 34.6 Å². The van der Waals surface area contributed by atoms with Gasteiger partial charge in [-0.1, -0.05) is 27.7 Å². The van der Waals surface area contributed by atoms with Crippen LogP contribution in [0.4, 0.5) is 0 Å². The molecule has 1 fully saturated rings. The molecule has 1 aliphatic rings. The number of aldehydes is 1. The molecule has 4 atom stereocenters. The van der Waals surface area contributed by atoms with Gasteiger partial charge in [0.25, 0.3) is 0 Å². The number of carbonyl (C=O) groups excluding carboxylic acids is 1. The molecule has 0 N–H and O–H groups in total. The Labute approximate surface area is 136 Å². The Morgan fingerprint density at radius 2 is 1.86 bits per heavy atom. The van der Waals surface area contributed by atoms with Crippen molar-refractivity contribution in [2.45, 2.75) is 71.1 Å². The highest BCUT2D eigenvalue weighted by Crippen LogP contribution is 2.40. The molecule has 1 aliphatic heterocycles. The van der Waals surface area contributed by atoms with Gasteiger partial charge in [0.2, 0.25) is 0 Å². The van der Waals surface area contributed by atoms with Crippen LogP contribution in [-0.4, -0.2) is 46.6 Å². The summed E-state index contributed by atoms with van der Waals surface area (Å²) < 4.78 is 18.4. The number of allylic oxidation sites excluding steroid dienone is 1. The average molecular weight is 329 g/mol. The van der Waals surface area contributed by atoms with Crippen molar-refractivity contribution in [3.05, 3.63) is 11.6 Å². The molecular weight excluding hydrogens is 296 g/mol. The van der Waals surface area contributed by atoms with E-state index >= 15 is 0 Å². The number of hydrogen-bond donors (Lipinski definition) is 0. The fourth-order valence-corrected chi connectivity index (χ4v) is 3.84. The lowest BCUT2D eigenvalue weighted by atomic mass is 9.90. The monoisotopic (exact) mass is 328 g/mol. The van der Waals surface area contributed by atoms with E-state index in [-0.39, 0.29) is 29.3 Å². The second-order valence-electron chi connectivity index (χ2n) is 7.82. The third-order valence-corrected chi connectivity index (χ3v) is 9.48. The highest BCUT2D eigenvalue weighted by atomic mass is 28.4. The Morgan fingerprint density at radius 1 is 1.27 bits per heavy atom. The zero-order valence-corrected chi connectivity index (χ0v) is 16.3. The van der Waals surface area contributed by atoms with E-state index in [2.05, 4.69) is 40.8 Å². The van der Waals surface area contributed by atoms with Crippen molar-refractivity contribution in [2.75, 3.05) is 13.7 Å². The molecular formula is C17H32O4Si. The van der Waals surface area contributed by atoms with Gasteiger partial charge in [-0.2, -0.15) is 0 Å². The molecule has 0 radical (unpaired) electrons. The maximum Gasteiger partial charge on any atom is 0.192 e. The van der Waals surface area contributed by atoms with Crippen LogP contribution in [0, 0.1) is 5.92 Å². The first kappa shape index (κ1) is 19.6. The van der Waals surface area contributed by atoms with E-state index in [1.54, 1.807) is 13.2 Å². The molecule has 0 aromatic heterocycles. The van der Waals surface area contributed by atoms with E-state index in [1.165, 1.54) is 0 Å². The molecule has 0 unspecified atom stereocenters. The van der Waals surface area contributed by atoms with Crippen molar-refractivity contribution in [2.24, 2.45) is 5.92 Å². The molecule has 0 saturated carbocycles. The predicted molar refractivity (Wildman–Crippen MR) is 91.6 cm³/mol. The summed E-state index contributed by atoms with van der Waals surface area (Å²) in [5.74, 6) is 0.264. The minimum absolute atomic E-state index is 0.0251. The maximum atomic E-state index is 10.8. The zero-order valence-electron chi connectivity index (χ0n) is 15.3. The molecule has 128 valence electrons. The summed E-state index contributed by atoms with van der Waals surface area (Å²) >= 11 is 0. The molecule has 22 heavy (non-hydrogen) atoms. The number of carbonyl (C=O) groups is 1. The van der Waals surface area contributed by atoms with Crippen LogP contribution < -0.4 is 0 Å². The first-order valence-corrected chi connectivity index (χ1v) is 10.9. The Hall–Kier alpha value is -0.493. The minimum atomic E-state index is -1.97. The molecule has 0 bridgehead atoms. The van der Waals surface area contributed by atoms with Crippen LogP contribution in [0.5, 0.6) is 0 Å². The maximum absolute atomic E-state index is 10.8. The second-order valence-corrected chi connectivity index (χ2v) is 12.6. The third kappa shape index (κ3) is 4.28. The number of rotatable bonds is 5. The van der Waals surface area contributed by atoms with Crippen LogP contribution in [0.3, 0.4) is 0 Å². The zero-order chi connectivity index (χ0) is 17.1. The summed E-state index contributed by atoms with van der Waals surface area (Å²) in [6.45, 7) is 15.8. The van der Waals surface area contributed by atoms with E-state index in [4.69, 9.17) is 13.9 Å². The first-order valence-electron chi connectivity index (χ1n) is 7.99. The standard InChI is InChI=1S/C17H32O4Si/c1-12(9-10-18)15-16(14(19-6)13(2)11-20-15)21-22(7,8)17(3,4)5/h9-10,13-16H,11H2,1-8H3/b12-9+/t13-,14-,15-,16+/m0/s1. The molecule has 0 aliphatic carbocycles. The van der Waals surface area contributed by atoms with Crippen LogP contribution in [0.15, 0.2) is 11.6 Å². The van der Waals surface area contributed by atoms with Crippen molar-refractivity contribution in [3.8, 4) is 0 Å². The van der Waals surface area contributed by atoms with Crippen LogP contribution in [0.2, 0.25) is 18.1 Å². The lowest BCUT2D eigenvalue weighted by Crippen LogP contribution is -2.57. The van der Waals surface area contributed by atoms with Crippen LogP contribution in [-0.2, 0) is 18.7 Å². The topological polar surface area (TPSA) is 44.8 Å². The molecule has 0 amide bonds. The molecule has 0 spiro atoms. The van der Waals surface area contributed by atoms with Gasteiger partial charge in [-0.3, -0.25) is 4.79 Å². The van der Waals surface area contributed by atoms with Gasteiger partial charge in [0.15, 0.2) is 8.32 Å². The lowest BCUT2D eigenvalue weighted by molar-refractivity contribution is -0.152. The molecule has 1 rings (SSSR count). The largest absolute Gasteiger partial charge is 0.408 e. The van der Waals surface area contributed by atoms with Gasteiger partial charge in [0, 0.05) is 13.0 Å². The fraction of sp³-hybridized carbons (Fsp3) is 0.824. The molecule has 1 saturated heterocycles. The van der Waals surface area contributed by atoms with Gasteiger partial charge in [-0.05, 0) is 36.7 Å². The molecule has 5 heteroatoms. The summed E-state index contributed by atoms with van der Waals surface area (Å²) in [5.41, 5.74) is 0.896. The Balaban J connectivity index is 3.13. The van der Waals surface area contributed by atoms with Crippen molar-refractivity contribution in [3.63, 3.8) is 0 Å².